The highest BCUT2D eigenvalue weighted by Gasteiger charge is 2.33. The van der Waals surface area contributed by atoms with Gasteiger partial charge in [-0.05, 0) is 57.2 Å². The van der Waals surface area contributed by atoms with Gasteiger partial charge in [-0.1, -0.05) is 25.5 Å². The predicted octanol–water partition coefficient (Wildman–Crippen LogP) is 6.42. The molecule has 230 valence electrons. The van der Waals surface area contributed by atoms with Gasteiger partial charge in [0.2, 0.25) is 0 Å². The Morgan fingerprint density at radius 1 is 1.07 bits per heavy atom. The molecular formula is C31H36F3N5O3S. The maximum Gasteiger partial charge on any atom is 0.416 e. The molecule has 1 aromatic carbocycles. The van der Waals surface area contributed by atoms with Crippen LogP contribution in [0.5, 0.6) is 0 Å². The lowest BCUT2D eigenvalue weighted by atomic mass is 9.97. The zero-order valence-corrected chi connectivity index (χ0v) is 25.2. The highest BCUT2D eigenvalue weighted by atomic mass is 32.1. The second-order valence-electron chi connectivity index (χ2n) is 11.4. The van der Waals surface area contributed by atoms with E-state index in [0.717, 1.165) is 43.2 Å². The molecule has 5 rings (SSSR count). The molecule has 1 atom stereocenters. The maximum atomic E-state index is 13.8. The molecule has 0 bridgehead atoms. The molecule has 3 aromatic rings. The monoisotopic (exact) mass is 615 g/mol. The molecule has 2 aliphatic rings. The Morgan fingerprint density at radius 2 is 1.84 bits per heavy atom. The molecule has 2 aromatic heterocycles. The number of carbonyl (C=O) groups is 2. The highest BCUT2D eigenvalue weighted by Crippen LogP contribution is 2.37. The summed E-state index contributed by atoms with van der Waals surface area (Å²) in [6.45, 7) is 6.19. The number of halogens is 3. The van der Waals surface area contributed by atoms with Crippen molar-refractivity contribution in [2.24, 2.45) is 5.92 Å². The summed E-state index contributed by atoms with van der Waals surface area (Å²) in [5, 5.41) is 9.75. The SMILES string of the molecule is CCC1CCCCN1Cc1sc(CC(=O)c2cnc(N3CCC(C(=O)O)CC3)cn2)nc1-c1ccc(C)c(C(F)(F)F)c1. The number of aryl methyl sites for hydroxylation is 1. The number of hydrogen-bond acceptors (Lipinski definition) is 8. The van der Waals surface area contributed by atoms with Crippen molar-refractivity contribution in [1.82, 2.24) is 19.9 Å². The number of rotatable bonds is 9. The molecule has 0 spiro atoms. The average molecular weight is 616 g/mol. The second kappa shape index (κ2) is 13.1. The third-order valence-corrected chi connectivity index (χ3v) is 9.57. The van der Waals surface area contributed by atoms with Gasteiger partial charge in [0, 0.05) is 36.1 Å². The number of alkyl halides is 3. The fourth-order valence-corrected chi connectivity index (χ4v) is 7.13. The number of carboxylic acids is 1. The number of carboxylic acid groups (broad SMARTS) is 1. The van der Waals surface area contributed by atoms with Crippen molar-refractivity contribution in [2.75, 3.05) is 24.5 Å². The minimum atomic E-state index is -4.48. The van der Waals surface area contributed by atoms with Crippen molar-refractivity contribution >= 4 is 28.9 Å². The summed E-state index contributed by atoms with van der Waals surface area (Å²) >= 11 is 1.37. The molecule has 1 N–H and O–H groups in total. The number of aliphatic carboxylic acids is 1. The van der Waals surface area contributed by atoms with Gasteiger partial charge in [0.1, 0.15) is 16.5 Å². The molecular weight excluding hydrogens is 579 g/mol. The number of piperidine rings is 2. The number of Topliss-reactive ketones (excluding diaryl/α,β-unsaturated/α-hetero) is 1. The summed E-state index contributed by atoms with van der Waals surface area (Å²) in [5.41, 5.74) is 0.528. The molecule has 4 heterocycles. The highest BCUT2D eigenvalue weighted by molar-refractivity contribution is 7.12. The molecule has 2 aliphatic heterocycles. The first-order chi connectivity index (χ1) is 20.5. The molecule has 1 unspecified atom stereocenters. The summed E-state index contributed by atoms with van der Waals surface area (Å²) in [4.78, 5) is 43.1. The first-order valence-corrected chi connectivity index (χ1v) is 15.6. The van der Waals surface area contributed by atoms with Crippen LogP contribution in [0.4, 0.5) is 19.0 Å². The van der Waals surface area contributed by atoms with Crippen LogP contribution >= 0.6 is 11.3 Å². The van der Waals surface area contributed by atoms with Crippen LogP contribution in [0.3, 0.4) is 0 Å². The average Bonchev–Trinajstić information content (AvgIpc) is 3.38. The van der Waals surface area contributed by atoms with E-state index in [1.807, 2.05) is 4.90 Å². The Kier molecular flexibility index (Phi) is 9.45. The van der Waals surface area contributed by atoms with Crippen LogP contribution in [-0.2, 0) is 23.9 Å². The number of thiazole rings is 1. The van der Waals surface area contributed by atoms with Crippen molar-refractivity contribution in [3.8, 4) is 11.3 Å². The van der Waals surface area contributed by atoms with Gasteiger partial charge in [0.05, 0.1) is 36.0 Å². The Balaban J connectivity index is 1.37. The standard InChI is InChI=1S/C31H36F3N5O3S/c1-3-22-6-4-5-11-39(22)18-26-29(21-8-7-19(2)23(14-21)31(32,33)34)37-28(43-26)15-25(40)24-16-36-27(17-35-24)38-12-9-20(10-13-38)30(41)42/h7-8,14,16-17,20,22H,3-6,9-13,15,18H2,1-2H3,(H,41,42). The summed E-state index contributed by atoms with van der Waals surface area (Å²) in [5.74, 6) is -0.837. The molecule has 2 fully saturated rings. The molecule has 12 heteroatoms. The Hall–Kier alpha value is -3.38. The van der Waals surface area contributed by atoms with Gasteiger partial charge in [-0.15, -0.1) is 11.3 Å². The first kappa shape index (κ1) is 31.1. The van der Waals surface area contributed by atoms with E-state index in [2.05, 4.69) is 21.8 Å². The molecule has 0 amide bonds. The van der Waals surface area contributed by atoms with E-state index in [4.69, 9.17) is 4.98 Å². The van der Waals surface area contributed by atoms with Crippen molar-refractivity contribution in [2.45, 2.75) is 77.6 Å². The first-order valence-electron chi connectivity index (χ1n) is 14.8. The van der Waals surface area contributed by atoms with Gasteiger partial charge in [0.15, 0.2) is 5.78 Å². The number of benzene rings is 1. The van der Waals surface area contributed by atoms with Crippen molar-refractivity contribution in [1.29, 1.82) is 0 Å². The quantitative estimate of drug-likeness (QED) is 0.276. The summed E-state index contributed by atoms with van der Waals surface area (Å²) in [7, 11) is 0. The van der Waals surface area contributed by atoms with Crippen LogP contribution in [0.25, 0.3) is 11.3 Å². The molecule has 0 radical (unpaired) electrons. The normalized spacial score (nSPS) is 18.6. The Bertz CT molecular complexity index is 1450. The van der Waals surface area contributed by atoms with E-state index in [9.17, 15) is 27.9 Å². The van der Waals surface area contributed by atoms with E-state index in [-0.39, 0.29) is 29.4 Å². The van der Waals surface area contributed by atoms with Crippen molar-refractivity contribution < 1.29 is 27.9 Å². The Labute approximate surface area is 253 Å². The molecule has 43 heavy (non-hydrogen) atoms. The fourth-order valence-electron chi connectivity index (χ4n) is 6.01. The van der Waals surface area contributed by atoms with Crippen LogP contribution in [0.1, 0.15) is 76.9 Å². The van der Waals surface area contributed by atoms with Crippen LogP contribution in [0.2, 0.25) is 0 Å². The van der Waals surface area contributed by atoms with Gasteiger partial charge >= 0.3 is 12.1 Å². The number of aromatic nitrogens is 3. The minimum Gasteiger partial charge on any atom is -0.481 e. The largest absolute Gasteiger partial charge is 0.481 e. The minimum absolute atomic E-state index is 0.0368. The smallest absolute Gasteiger partial charge is 0.416 e. The summed E-state index contributed by atoms with van der Waals surface area (Å²) < 4.78 is 41.3. The van der Waals surface area contributed by atoms with Gasteiger partial charge in [-0.3, -0.25) is 14.5 Å². The van der Waals surface area contributed by atoms with E-state index >= 15 is 0 Å². The van der Waals surface area contributed by atoms with Gasteiger partial charge < -0.3 is 10.0 Å². The van der Waals surface area contributed by atoms with Crippen LogP contribution < -0.4 is 4.90 Å². The topological polar surface area (TPSA) is 99.5 Å². The number of anilines is 1. The van der Waals surface area contributed by atoms with Gasteiger partial charge in [-0.25, -0.2) is 15.0 Å². The molecule has 0 aliphatic carbocycles. The number of likely N-dealkylation sites (tertiary alicyclic amines) is 1. The zero-order chi connectivity index (χ0) is 30.7. The van der Waals surface area contributed by atoms with Crippen molar-refractivity contribution in [3.05, 3.63) is 57.3 Å². The third-order valence-electron chi connectivity index (χ3n) is 8.53. The maximum absolute atomic E-state index is 13.8. The van der Waals surface area contributed by atoms with E-state index in [1.54, 1.807) is 6.07 Å². The van der Waals surface area contributed by atoms with E-state index in [1.165, 1.54) is 36.7 Å². The van der Waals surface area contributed by atoms with Gasteiger partial charge in [-0.2, -0.15) is 13.2 Å². The predicted molar refractivity (Wildman–Crippen MR) is 158 cm³/mol. The number of hydrogen-bond donors (Lipinski definition) is 1. The van der Waals surface area contributed by atoms with Crippen LogP contribution in [0, 0.1) is 12.8 Å². The Morgan fingerprint density at radius 3 is 2.49 bits per heavy atom. The van der Waals surface area contributed by atoms with E-state index < -0.39 is 17.7 Å². The second-order valence-corrected chi connectivity index (χ2v) is 12.6. The van der Waals surface area contributed by atoms with Crippen molar-refractivity contribution in [3.63, 3.8) is 0 Å². The number of nitrogens with zero attached hydrogens (tertiary/aromatic N) is 5. The number of ketones is 1. The molecule has 2 saturated heterocycles. The zero-order valence-electron chi connectivity index (χ0n) is 24.4. The summed E-state index contributed by atoms with van der Waals surface area (Å²) in [6, 6.07) is 4.71. The van der Waals surface area contributed by atoms with Gasteiger partial charge in [0.25, 0.3) is 0 Å². The fraction of sp³-hybridized carbons (Fsp3) is 0.516. The van der Waals surface area contributed by atoms with Crippen LogP contribution in [0.15, 0.2) is 30.6 Å². The van der Waals surface area contributed by atoms with Crippen LogP contribution in [-0.4, -0.2) is 62.4 Å². The summed E-state index contributed by atoms with van der Waals surface area (Å²) in [6.07, 6.45) is 3.80. The third kappa shape index (κ3) is 7.23. The lowest BCUT2D eigenvalue weighted by Crippen LogP contribution is -2.38. The number of carbonyl (C=O) groups excluding carboxylic acids is 1. The lowest BCUT2D eigenvalue weighted by molar-refractivity contribution is -0.142. The molecule has 0 saturated carbocycles. The lowest BCUT2D eigenvalue weighted by Gasteiger charge is -2.35. The molecule has 8 nitrogen and oxygen atoms in total. The van der Waals surface area contributed by atoms with E-state index in [0.29, 0.717) is 60.6 Å².